The van der Waals surface area contributed by atoms with E-state index in [0.29, 0.717) is 46.6 Å². The second-order valence-corrected chi connectivity index (χ2v) is 7.00. The molecule has 2 heterocycles. The number of hydrogen-bond donors (Lipinski definition) is 1. The van der Waals surface area contributed by atoms with Crippen molar-refractivity contribution in [2.45, 2.75) is 38.3 Å². The SMILES string of the molecule is Cc1onc(-c2ccccc2Cl)c1C(=O)N[C@H]1CC(=O)N(C2CC2)C1. The Morgan fingerprint density at radius 2 is 2.12 bits per heavy atom. The average Bonchev–Trinajstić information content (AvgIpc) is 3.25. The van der Waals surface area contributed by atoms with E-state index < -0.39 is 0 Å². The zero-order chi connectivity index (χ0) is 17.6. The highest BCUT2D eigenvalue weighted by atomic mass is 35.5. The molecule has 1 aliphatic carbocycles. The van der Waals surface area contributed by atoms with Crippen LogP contribution in [0.5, 0.6) is 0 Å². The van der Waals surface area contributed by atoms with Gasteiger partial charge < -0.3 is 14.7 Å². The molecule has 1 aliphatic heterocycles. The van der Waals surface area contributed by atoms with Gasteiger partial charge in [-0.05, 0) is 25.8 Å². The number of rotatable bonds is 4. The maximum Gasteiger partial charge on any atom is 0.257 e. The van der Waals surface area contributed by atoms with Crippen LogP contribution in [0.15, 0.2) is 28.8 Å². The fraction of sp³-hybridized carbons (Fsp3) is 0.389. The zero-order valence-corrected chi connectivity index (χ0v) is 14.5. The van der Waals surface area contributed by atoms with Crippen LogP contribution in [0.2, 0.25) is 5.02 Å². The van der Waals surface area contributed by atoms with E-state index in [2.05, 4.69) is 10.5 Å². The topological polar surface area (TPSA) is 75.4 Å². The lowest BCUT2D eigenvalue weighted by Gasteiger charge is -2.16. The Kier molecular flexibility index (Phi) is 4.00. The van der Waals surface area contributed by atoms with Crippen molar-refractivity contribution in [3.63, 3.8) is 0 Å². The Bertz CT molecular complexity index is 844. The zero-order valence-electron chi connectivity index (χ0n) is 13.8. The fourth-order valence-corrected chi connectivity index (χ4v) is 3.53. The normalized spacial score (nSPS) is 20.2. The predicted molar refractivity (Wildman–Crippen MR) is 92.3 cm³/mol. The van der Waals surface area contributed by atoms with Gasteiger partial charge in [0.25, 0.3) is 5.91 Å². The quantitative estimate of drug-likeness (QED) is 0.910. The number of aryl methyl sites for hydroxylation is 1. The smallest absolute Gasteiger partial charge is 0.257 e. The number of hydrogen-bond acceptors (Lipinski definition) is 4. The Morgan fingerprint density at radius 1 is 1.36 bits per heavy atom. The average molecular weight is 360 g/mol. The molecule has 1 N–H and O–H groups in total. The van der Waals surface area contributed by atoms with Crippen LogP contribution >= 0.6 is 11.6 Å². The van der Waals surface area contributed by atoms with Crippen molar-refractivity contribution in [2.75, 3.05) is 6.54 Å². The van der Waals surface area contributed by atoms with E-state index in [4.69, 9.17) is 16.1 Å². The van der Waals surface area contributed by atoms with Gasteiger partial charge in [-0.2, -0.15) is 0 Å². The number of amides is 2. The highest BCUT2D eigenvalue weighted by molar-refractivity contribution is 6.33. The summed E-state index contributed by atoms with van der Waals surface area (Å²) in [5.74, 6) is 0.251. The Labute approximate surface area is 150 Å². The van der Waals surface area contributed by atoms with Crippen LogP contribution in [0.4, 0.5) is 0 Å². The van der Waals surface area contributed by atoms with Gasteiger partial charge >= 0.3 is 0 Å². The molecule has 0 bridgehead atoms. The minimum absolute atomic E-state index is 0.112. The maximum atomic E-state index is 12.8. The Balaban J connectivity index is 1.56. The van der Waals surface area contributed by atoms with E-state index in [-0.39, 0.29) is 17.9 Å². The lowest BCUT2D eigenvalue weighted by Crippen LogP contribution is -2.37. The minimum atomic E-state index is -0.288. The number of nitrogens with one attached hydrogen (secondary N) is 1. The van der Waals surface area contributed by atoms with Crippen molar-refractivity contribution in [3.8, 4) is 11.3 Å². The van der Waals surface area contributed by atoms with Crippen LogP contribution in [-0.4, -0.2) is 40.5 Å². The van der Waals surface area contributed by atoms with Gasteiger partial charge in [-0.3, -0.25) is 9.59 Å². The molecule has 7 heteroatoms. The van der Waals surface area contributed by atoms with Gasteiger partial charge in [0.2, 0.25) is 5.91 Å². The first-order valence-corrected chi connectivity index (χ1v) is 8.74. The predicted octanol–water partition coefficient (Wildman–Crippen LogP) is 2.80. The first kappa shape index (κ1) is 16.1. The molecule has 25 heavy (non-hydrogen) atoms. The molecule has 2 fully saturated rings. The van der Waals surface area contributed by atoms with Gasteiger partial charge in [-0.15, -0.1) is 0 Å². The third-order valence-corrected chi connectivity index (χ3v) is 5.03. The van der Waals surface area contributed by atoms with Crippen molar-refractivity contribution in [1.82, 2.24) is 15.4 Å². The van der Waals surface area contributed by atoms with Crippen molar-refractivity contribution in [1.29, 1.82) is 0 Å². The molecule has 2 aromatic rings. The summed E-state index contributed by atoms with van der Waals surface area (Å²) in [6, 6.07) is 7.36. The molecular formula is C18H18ClN3O3. The Morgan fingerprint density at radius 3 is 2.84 bits per heavy atom. The Hall–Kier alpha value is -2.34. The van der Waals surface area contributed by atoms with Gasteiger partial charge in [0, 0.05) is 24.6 Å². The summed E-state index contributed by atoms with van der Waals surface area (Å²) in [4.78, 5) is 26.7. The van der Waals surface area contributed by atoms with E-state index in [1.54, 1.807) is 19.1 Å². The molecule has 1 aromatic heterocycles. The third-order valence-electron chi connectivity index (χ3n) is 4.70. The highest BCUT2D eigenvalue weighted by Gasteiger charge is 2.40. The van der Waals surface area contributed by atoms with Gasteiger partial charge in [0.05, 0.1) is 11.1 Å². The number of benzene rings is 1. The highest BCUT2D eigenvalue weighted by Crippen LogP contribution is 2.32. The molecule has 2 aliphatic rings. The second-order valence-electron chi connectivity index (χ2n) is 6.59. The lowest BCUT2D eigenvalue weighted by molar-refractivity contribution is -0.128. The molecule has 1 saturated carbocycles. The molecular weight excluding hydrogens is 342 g/mol. The van der Waals surface area contributed by atoms with Crippen LogP contribution in [-0.2, 0) is 4.79 Å². The van der Waals surface area contributed by atoms with E-state index in [0.717, 1.165) is 12.8 Å². The first-order chi connectivity index (χ1) is 12.0. The molecule has 0 unspecified atom stereocenters. The molecule has 2 amide bonds. The largest absolute Gasteiger partial charge is 0.360 e. The summed E-state index contributed by atoms with van der Waals surface area (Å²) in [6.07, 6.45) is 2.47. The van der Waals surface area contributed by atoms with Crippen molar-refractivity contribution < 1.29 is 14.1 Å². The monoisotopic (exact) mass is 359 g/mol. The molecule has 1 atom stereocenters. The van der Waals surface area contributed by atoms with Crippen LogP contribution in [0, 0.1) is 6.92 Å². The number of halogens is 1. The first-order valence-electron chi connectivity index (χ1n) is 8.36. The number of carbonyl (C=O) groups excluding carboxylic acids is 2. The van der Waals surface area contributed by atoms with E-state index in [1.165, 1.54) is 0 Å². The number of likely N-dealkylation sites (tertiary alicyclic amines) is 1. The van der Waals surface area contributed by atoms with Crippen molar-refractivity contribution >= 4 is 23.4 Å². The summed E-state index contributed by atoms with van der Waals surface area (Å²) < 4.78 is 5.23. The molecule has 130 valence electrons. The summed E-state index contributed by atoms with van der Waals surface area (Å²) in [6.45, 7) is 2.26. The van der Waals surface area contributed by atoms with E-state index >= 15 is 0 Å². The minimum Gasteiger partial charge on any atom is -0.360 e. The van der Waals surface area contributed by atoms with Gasteiger partial charge in [0.1, 0.15) is 17.0 Å². The lowest BCUT2D eigenvalue weighted by atomic mass is 10.1. The van der Waals surface area contributed by atoms with E-state index in [1.807, 2.05) is 17.0 Å². The van der Waals surface area contributed by atoms with Crippen LogP contribution < -0.4 is 5.32 Å². The standard InChI is InChI=1S/C18H18ClN3O3/c1-10-16(17(21-25-10)13-4-2-3-5-14(13)19)18(24)20-11-8-15(23)22(9-11)12-6-7-12/h2-5,11-12H,6-9H2,1H3,(H,20,24)/t11-/m0/s1. The second kappa shape index (κ2) is 6.19. The third kappa shape index (κ3) is 3.02. The van der Waals surface area contributed by atoms with Crippen LogP contribution in [0.3, 0.4) is 0 Å². The summed E-state index contributed by atoms with van der Waals surface area (Å²) in [7, 11) is 0. The van der Waals surface area contributed by atoms with Crippen LogP contribution in [0.25, 0.3) is 11.3 Å². The van der Waals surface area contributed by atoms with Crippen molar-refractivity contribution in [2.24, 2.45) is 0 Å². The van der Waals surface area contributed by atoms with Gasteiger partial charge in [-0.1, -0.05) is 35.0 Å². The summed E-state index contributed by atoms with van der Waals surface area (Å²) in [5.41, 5.74) is 1.43. The molecule has 1 aromatic carbocycles. The van der Waals surface area contributed by atoms with Gasteiger partial charge in [0.15, 0.2) is 0 Å². The molecule has 0 spiro atoms. The fourth-order valence-electron chi connectivity index (χ4n) is 3.30. The number of carbonyl (C=O) groups is 2. The number of aromatic nitrogens is 1. The summed E-state index contributed by atoms with van der Waals surface area (Å²) >= 11 is 6.23. The molecule has 4 rings (SSSR count). The van der Waals surface area contributed by atoms with Crippen LogP contribution in [0.1, 0.15) is 35.4 Å². The molecule has 1 saturated heterocycles. The summed E-state index contributed by atoms with van der Waals surface area (Å²) in [5, 5.41) is 7.46. The maximum absolute atomic E-state index is 12.8. The van der Waals surface area contributed by atoms with E-state index in [9.17, 15) is 9.59 Å². The van der Waals surface area contributed by atoms with Gasteiger partial charge in [-0.25, -0.2) is 0 Å². The molecule has 6 nitrogen and oxygen atoms in total. The van der Waals surface area contributed by atoms with Crippen molar-refractivity contribution in [3.05, 3.63) is 40.6 Å². The molecule has 0 radical (unpaired) electrons. The number of nitrogens with zero attached hydrogens (tertiary/aromatic N) is 2.